The summed E-state index contributed by atoms with van der Waals surface area (Å²) in [6.45, 7) is 0. The first kappa shape index (κ1) is 76.3. The molecule has 0 N–H and O–H groups in total. The van der Waals surface area contributed by atoms with E-state index in [2.05, 4.69) is 0 Å². The quantitative estimate of drug-likeness (QED) is 0.379. The summed E-state index contributed by atoms with van der Waals surface area (Å²) >= 11 is 0. The van der Waals surface area contributed by atoms with Crippen molar-refractivity contribution < 1.29 is 17.1 Å². The van der Waals surface area contributed by atoms with E-state index in [1.54, 1.807) is 0 Å². The van der Waals surface area contributed by atoms with E-state index >= 15 is 0 Å². The van der Waals surface area contributed by atoms with Gasteiger partial charge in [-0.05, 0) is 0 Å². The van der Waals surface area contributed by atoms with E-state index in [0.29, 0.717) is 0 Å². The van der Waals surface area contributed by atoms with Gasteiger partial charge in [0.2, 0.25) is 0 Å². The molecule has 0 saturated heterocycles. The Morgan fingerprint density at radius 2 is 0.571 bits per heavy atom. The molecule has 0 aromatic heterocycles. The molecule has 0 aliphatic heterocycles. The number of hydrogen-bond donors (Lipinski definition) is 0. The fourth-order valence-corrected chi connectivity index (χ4v) is 0. The molecule has 0 aliphatic rings. The van der Waals surface area contributed by atoms with Crippen LogP contribution < -0.4 is 0 Å². The van der Waals surface area contributed by atoms with E-state index in [4.69, 9.17) is 0 Å². The van der Waals surface area contributed by atoms with Crippen LogP contribution >= 0.6 is 0 Å². The topological polar surface area (TPSA) is 0 Å². The second-order valence-corrected chi connectivity index (χ2v) is 0. The molecule has 0 saturated carbocycles. The predicted molar refractivity (Wildman–Crippen MR) is 40.1 cm³/mol. The van der Waals surface area contributed by atoms with Gasteiger partial charge in [-0.15, -0.1) is 0 Å². The van der Waals surface area contributed by atoms with Crippen LogP contribution in [0.5, 0.6) is 0 Å². The molecule has 0 unspecified atom stereocenters. The number of rotatable bonds is 0. The van der Waals surface area contributed by atoms with Gasteiger partial charge < -0.3 is 0 Å². The second kappa shape index (κ2) is 55.4. The maximum atomic E-state index is 0. The third-order valence-electron chi connectivity index (χ3n) is 0. The Bertz CT molecular complexity index is 13.7. The van der Waals surface area contributed by atoms with Gasteiger partial charge in [0.1, 0.15) is 0 Å². The van der Waals surface area contributed by atoms with E-state index in [9.17, 15) is 0 Å². The fraction of sp³-hybridized carbons (Fsp3) is 0. The van der Waals surface area contributed by atoms with Gasteiger partial charge in [-0.3, -0.25) is 0 Å². The van der Waals surface area contributed by atoms with Crippen LogP contribution in [-0.2, 0) is 17.1 Å². The van der Waals surface area contributed by atoms with Gasteiger partial charge in [-0.2, -0.15) is 0 Å². The standard InChI is InChI=1S/2Al.Cu.2Mg.2Si.4H. The van der Waals surface area contributed by atoms with Crippen LogP contribution in [0.2, 0.25) is 0 Å². The molecular formula is H4Al2CuMg2Si2. The molecular weight excluding hydrogens is 222 g/mol. The minimum atomic E-state index is 0. The zero-order chi connectivity index (χ0) is 0. The summed E-state index contributed by atoms with van der Waals surface area (Å²) in [4.78, 5) is 0. The Morgan fingerprint density at radius 3 is 0.571 bits per heavy atom. The Kier molecular flexibility index (Phi) is 604. The van der Waals surface area contributed by atoms with Crippen LogP contribution in [0.4, 0.5) is 0 Å². The molecule has 0 heterocycles. The van der Waals surface area contributed by atoms with E-state index in [1.807, 2.05) is 0 Å². The van der Waals surface area contributed by atoms with Crippen molar-refractivity contribution in [1.29, 1.82) is 0 Å². The Balaban J connectivity index is 0. The monoisotopic (exact) mass is 225 g/mol. The van der Waals surface area contributed by atoms with Gasteiger partial charge in [0, 0.05) is 73.7 Å². The maximum absolute atomic E-state index is 0. The van der Waals surface area contributed by atoms with Crippen LogP contribution in [-0.4, -0.2) is 103 Å². The summed E-state index contributed by atoms with van der Waals surface area (Å²) < 4.78 is 0. The van der Waals surface area contributed by atoms with Crippen LogP contribution in [0.3, 0.4) is 0 Å². The summed E-state index contributed by atoms with van der Waals surface area (Å²) in [7, 11) is 0. The molecule has 0 aromatic carbocycles. The Hall–Kier alpha value is 3.55. The zero-order valence-corrected chi connectivity index (χ0v) is 7.71. The van der Waals surface area contributed by atoms with E-state index in [-0.39, 0.29) is 120 Å². The summed E-state index contributed by atoms with van der Waals surface area (Å²) in [6, 6.07) is 0. The second-order valence-electron chi connectivity index (χ2n) is 0. The summed E-state index contributed by atoms with van der Waals surface area (Å²) in [5.74, 6) is 0. The van der Waals surface area contributed by atoms with E-state index < -0.39 is 0 Å². The molecule has 33 valence electrons. The van der Waals surface area contributed by atoms with E-state index in [1.165, 1.54) is 0 Å². The van der Waals surface area contributed by atoms with Crippen molar-refractivity contribution in [3.63, 3.8) is 0 Å². The van der Waals surface area contributed by atoms with Gasteiger partial charge >= 0.3 is 46.1 Å². The van der Waals surface area contributed by atoms with Crippen molar-refractivity contribution in [3.8, 4) is 0 Å². The van der Waals surface area contributed by atoms with Crippen LogP contribution in [0.15, 0.2) is 0 Å². The van der Waals surface area contributed by atoms with Crippen molar-refractivity contribution >= 4 is 103 Å². The van der Waals surface area contributed by atoms with Gasteiger partial charge in [-0.1, -0.05) is 0 Å². The molecule has 0 rings (SSSR count). The minimum Gasteiger partial charge on any atom is 0 e. The van der Waals surface area contributed by atoms with Gasteiger partial charge in [0.25, 0.3) is 0 Å². The normalized spacial score (nSPS) is 0. The molecule has 0 nitrogen and oxygen atoms in total. The van der Waals surface area contributed by atoms with Crippen LogP contribution in [0, 0.1) is 0 Å². The van der Waals surface area contributed by atoms with Crippen molar-refractivity contribution in [1.82, 2.24) is 0 Å². The largest absolute Gasteiger partial charge is 0.316 e. The molecule has 0 amide bonds. The smallest absolute Gasteiger partial charge is 0 e. The molecule has 0 atom stereocenters. The molecule has 0 bridgehead atoms. The van der Waals surface area contributed by atoms with Gasteiger partial charge in [0.15, 0.2) is 0 Å². The molecule has 0 spiro atoms. The molecule has 7 heavy (non-hydrogen) atoms. The Morgan fingerprint density at radius 1 is 0.571 bits per heavy atom. The molecule has 0 aromatic rings. The fourth-order valence-electron chi connectivity index (χ4n) is 0. The van der Waals surface area contributed by atoms with Crippen molar-refractivity contribution in [3.05, 3.63) is 0 Å². The van der Waals surface area contributed by atoms with Crippen molar-refractivity contribution in [2.24, 2.45) is 0 Å². The molecule has 15 radical (unpaired) electrons. The first-order valence-electron chi connectivity index (χ1n) is 0. The molecule has 0 fully saturated rings. The zero-order valence-electron chi connectivity index (χ0n) is 2.46. The SMILES string of the molecule is [Al].[Al].[Cu].[MgH2].[MgH2].[Si].[Si]. The summed E-state index contributed by atoms with van der Waals surface area (Å²) in [5, 5.41) is 0. The predicted octanol–water partition coefficient (Wildman–Crippen LogP) is -3.36. The van der Waals surface area contributed by atoms with Crippen molar-refractivity contribution in [2.75, 3.05) is 0 Å². The minimum absolute atomic E-state index is 0. The molecule has 0 aliphatic carbocycles. The van der Waals surface area contributed by atoms with Gasteiger partial charge in [0.05, 0.1) is 0 Å². The molecule has 7 heteroatoms. The average Bonchev–Trinajstić information content (AvgIpc) is 0. The average molecular weight is 226 g/mol. The van der Waals surface area contributed by atoms with Crippen LogP contribution in [0.1, 0.15) is 0 Å². The van der Waals surface area contributed by atoms with Crippen LogP contribution in [0.25, 0.3) is 0 Å². The third-order valence-corrected chi connectivity index (χ3v) is 0. The Labute approximate surface area is 118 Å². The van der Waals surface area contributed by atoms with Gasteiger partial charge in [-0.25, -0.2) is 0 Å². The maximum Gasteiger partial charge on any atom is 0.316 e. The third kappa shape index (κ3) is 43.2. The van der Waals surface area contributed by atoms with Crippen molar-refractivity contribution in [2.45, 2.75) is 0 Å². The summed E-state index contributed by atoms with van der Waals surface area (Å²) in [6.07, 6.45) is 0. The van der Waals surface area contributed by atoms with E-state index in [0.717, 1.165) is 0 Å². The first-order chi connectivity index (χ1) is 0. The summed E-state index contributed by atoms with van der Waals surface area (Å²) in [5.41, 5.74) is 0. The first-order valence-corrected chi connectivity index (χ1v) is 0. The number of hydrogen-bond acceptors (Lipinski definition) is 0.